The summed E-state index contributed by atoms with van der Waals surface area (Å²) in [6, 6.07) is 13.5. The third-order valence-electron chi connectivity index (χ3n) is 5.80. The van der Waals surface area contributed by atoms with Gasteiger partial charge in [-0.3, -0.25) is 14.4 Å². The Morgan fingerprint density at radius 3 is 2.75 bits per heavy atom. The summed E-state index contributed by atoms with van der Waals surface area (Å²) in [4.78, 5) is 45.3. The van der Waals surface area contributed by atoms with E-state index in [1.54, 1.807) is 4.90 Å². The molecule has 164 valence electrons. The molecule has 3 amide bonds. The van der Waals surface area contributed by atoms with Crippen LogP contribution < -0.4 is 10.6 Å². The van der Waals surface area contributed by atoms with Gasteiger partial charge in [0.05, 0.1) is 15.9 Å². The van der Waals surface area contributed by atoms with Crippen molar-refractivity contribution in [3.63, 3.8) is 0 Å². The molecular weight excluding hydrogens is 444 g/mol. The minimum Gasteiger partial charge on any atom is -0.341 e. The van der Waals surface area contributed by atoms with Gasteiger partial charge in [-0.1, -0.05) is 29.5 Å². The van der Waals surface area contributed by atoms with Crippen LogP contribution >= 0.6 is 23.1 Å². The molecule has 1 fully saturated rings. The van der Waals surface area contributed by atoms with E-state index < -0.39 is 5.25 Å². The third kappa shape index (κ3) is 4.10. The summed E-state index contributed by atoms with van der Waals surface area (Å²) < 4.78 is 1.05. The fourth-order valence-electron chi connectivity index (χ4n) is 4.03. The Labute approximate surface area is 193 Å². The van der Waals surface area contributed by atoms with Crippen LogP contribution in [0.4, 0.5) is 10.8 Å². The molecule has 3 aromatic rings. The summed E-state index contributed by atoms with van der Waals surface area (Å²) in [5.41, 5.74) is 2.78. The van der Waals surface area contributed by atoms with E-state index in [-0.39, 0.29) is 23.6 Å². The maximum absolute atomic E-state index is 13.0. The Morgan fingerprint density at radius 1 is 1.16 bits per heavy atom. The zero-order valence-corrected chi connectivity index (χ0v) is 19.1. The molecule has 2 N–H and O–H groups in total. The third-order valence-corrected chi connectivity index (χ3v) is 8.00. The number of piperidine rings is 1. The predicted octanol–water partition coefficient (Wildman–Crippen LogP) is 3.89. The van der Waals surface area contributed by atoms with Crippen molar-refractivity contribution >= 4 is 61.9 Å². The van der Waals surface area contributed by atoms with E-state index >= 15 is 0 Å². The summed E-state index contributed by atoms with van der Waals surface area (Å²) in [7, 11) is 0. The van der Waals surface area contributed by atoms with Crippen molar-refractivity contribution in [2.24, 2.45) is 5.92 Å². The zero-order valence-electron chi connectivity index (χ0n) is 17.5. The number of benzene rings is 2. The van der Waals surface area contributed by atoms with Gasteiger partial charge in [-0.2, -0.15) is 0 Å². The largest absolute Gasteiger partial charge is 0.341 e. The quantitative estimate of drug-likeness (QED) is 0.572. The van der Waals surface area contributed by atoms with Gasteiger partial charge in [0.15, 0.2) is 10.4 Å². The lowest BCUT2D eigenvalue weighted by Crippen LogP contribution is -2.48. The highest BCUT2D eigenvalue weighted by atomic mass is 32.2. The SMILES string of the molecule is Cc1ccc2nc(NC(=O)C3CCN(C(=O)[C@@H]4Sc5ccccc5NC4=O)CC3)sc2c1. The molecule has 2 aromatic carbocycles. The average molecular weight is 467 g/mol. The number of hydrogen-bond donors (Lipinski definition) is 2. The highest BCUT2D eigenvalue weighted by Crippen LogP contribution is 2.36. The number of aryl methyl sites for hydroxylation is 1. The number of carbonyl (C=O) groups is 3. The van der Waals surface area contributed by atoms with Crippen molar-refractivity contribution < 1.29 is 14.4 Å². The number of thioether (sulfide) groups is 1. The first-order chi connectivity index (χ1) is 15.5. The van der Waals surface area contributed by atoms with Gasteiger partial charge in [-0.05, 0) is 49.6 Å². The fraction of sp³-hybridized carbons (Fsp3) is 0.304. The highest BCUT2D eigenvalue weighted by molar-refractivity contribution is 8.01. The van der Waals surface area contributed by atoms with E-state index in [2.05, 4.69) is 21.7 Å². The molecule has 0 spiro atoms. The summed E-state index contributed by atoms with van der Waals surface area (Å²) >= 11 is 2.76. The smallest absolute Gasteiger partial charge is 0.247 e. The molecule has 0 radical (unpaired) electrons. The number of amides is 3. The van der Waals surface area contributed by atoms with Gasteiger partial charge in [0.25, 0.3) is 0 Å². The van der Waals surface area contributed by atoms with Crippen molar-refractivity contribution in [1.29, 1.82) is 0 Å². The van der Waals surface area contributed by atoms with Gasteiger partial charge in [-0.15, -0.1) is 11.8 Å². The van der Waals surface area contributed by atoms with Crippen molar-refractivity contribution in [1.82, 2.24) is 9.88 Å². The zero-order chi connectivity index (χ0) is 22.2. The number of thiazole rings is 1. The van der Waals surface area contributed by atoms with Crippen molar-refractivity contribution in [3.05, 3.63) is 48.0 Å². The molecule has 0 bridgehead atoms. The number of fused-ring (bicyclic) bond motifs is 2. The fourth-order valence-corrected chi connectivity index (χ4v) is 6.07. The molecule has 5 rings (SSSR count). The van der Waals surface area contributed by atoms with E-state index in [4.69, 9.17) is 0 Å². The monoisotopic (exact) mass is 466 g/mol. The summed E-state index contributed by atoms with van der Waals surface area (Å²) in [5.74, 6) is -0.722. The van der Waals surface area contributed by atoms with Crippen LogP contribution in [0.2, 0.25) is 0 Å². The number of hydrogen-bond acceptors (Lipinski definition) is 6. The maximum Gasteiger partial charge on any atom is 0.247 e. The van der Waals surface area contributed by atoms with Gasteiger partial charge in [0.1, 0.15) is 0 Å². The number of nitrogens with zero attached hydrogens (tertiary/aromatic N) is 2. The average Bonchev–Trinajstić information content (AvgIpc) is 3.19. The first-order valence-electron chi connectivity index (χ1n) is 10.5. The molecule has 0 aliphatic carbocycles. The topological polar surface area (TPSA) is 91.4 Å². The Balaban J connectivity index is 1.18. The van der Waals surface area contributed by atoms with Crippen LogP contribution in [0.15, 0.2) is 47.4 Å². The molecule has 1 saturated heterocycles. The standard InChI is InChI=1S/C23H22N4O3S2/c1-13-6-7-16-18(12-13)32-23(25-16)26-20(28)14-8-10-27(11-9-14)22(30)19-21(29)24-15-4-2-3-5-17(15)31-19/h2-7,12,14,19H,8-11H2,1H3,(H,24,29)(H,25,26,28)/t19-/m1/s1. The summed E-state index contributed by atoms with van der Waals surface area (Å²) in [6.45, 7) is 2.95. The van der Waals surface area contributed by atoms with Crippen molar-refractivity contribution in [2.75, 3.05) is 23.7 Å². The second-order valence-corrected chi connectivity index (χ2v) is 10.2. The number of aromatic nitrogens is 1. The van der Waals surface area contributed by atoms with E-state index in [0.29, 0.717) is 31.1 Å². The molecule has 7 nitrogen and oxygen atoms in total. The van der Waals surface area contributed by atoms with Crippen LogP contribution in [0.25, 0.3) is 10.2 Å². The lowest BCUT2D eigenvalue weighted by molar-refractivity contribution is -0.136. The molecule has 9 heteroatoms. The van der Waals surface area contributed by atoms with Gasteiger partial charge < -0.3 is 15.5 Å². The Morgan fingerprint density at radius 2 is 1.94 bits per heavy atom. The number of rotatable bonds is 3. The van der Waals surface area contributed by atoms with E-state index in [9.17, 15) is 14.4 Å². The molecule has 1 aromatic heterocycles. The normalized spacial score (nSPS) is 18.8. The lowest BCUT2D eigenvalue weighted by atomic mass is 9.95. The van der Waals surface area contributed by atoms with Crippen LogP contribution in [0.3, 0.4) is 0 Å². The van der Waals surface area contributed by atoms with Crippen molar-refractivity contribution in [3.8, 4) is 0 Å². The van der Waals surface area contributed by atoms with E-state index in [1.807, 2.05) is 43.3 Å². The highest BCUT2D eigenvalue weighted by Gasteiger charge is 2.37. The number of carbonyl (C=O) groups excluding carboxylic acids is 3. The van der Waals surface area contributed by atoms with Gasteiger partial charge in [-0.25, -0.2) is 4.98 Å². The number of para-hydroxylation sites is 1. The first-order valence-corrected chi connectivity index (χ1v) is 12.2. The molecule has 3 heterocycles. The van der Waals surface area contributed by atoms with Crippen LogP contribution in [-0.2, 0) is 14.4 Å². The van der Waals surface area contributed by atoms with Crippen LogP contribution in [0.5, 0.6) is 0 Å². The van der Waals surface area contributed by atoms with Crippen LogP contribution in [0, 0.1) is 12.8 Å². The lowest BCUT2D eigenvalue weighted by Gasteiger charge is -2.34. The number of nitrogens with one attached hydrogen (secondary N) is 2. The molecule has 32 heavy (non-hydrogen) atoms. The number of likely N-dealkylation sites (tertiary alicyclic amines) is 1. The van der Waals surface area contributed by atoms with E-state index in [0.717, 1.165) is 26.4 Å². The van der Waals surface area contributed by atoms with Gasteiger partial charge >= 0.3 is 0 Å². The molecule has 1 atom stereocenters. The Bertz CT molecular complexity index is 1220. The minimum atomic E-state index is -0.790. The number of anilines is 2. The van der Waals surface area contributed by atoms with Gasteiger partial charge in [0, 0.05) is 23.9 Å². The Kier molecular flexibility index (Phi) is 5.60. The molecular formula is C23H22N4O3S2. The summed E-state index contributed by atoms with van der Waals surface area (Å²) in [5, 5.41) is 5.57. The Hall–Kier alpha value is -2.91. The molecule has 2 aliphatic heterocycles. The first kappa shape index (κ1) is 21.0. The van der Waals surface area contributed by atoms with Crippen LogP contribution in [0.1, 0.15) is 18.4 Å². The maximum atomic E-state index is 13.0. The van der Waals surface area contributed by atoms with Crippen molar-refractivity contribution in [2.45, 2.75) is 29.9 Å². The van der Waals surface area contributed by atoms with Gasteiger partial charge in [0.2, 0.25) is 17.7 Å². The van der Waals surface area contributed by atoms with E-state index in [1.165, 1.54) is 23.1 Å². The summed E-state index contributed by atoms with van der Waals surface area (Å²) in [6.07, 6.45) is 1.13. The minimum absolute atomic E-state index is 0.0633. The predicted molar refractivity (Wildman–Crippen MR) is 127 cm³/mol. The second-order valence-electron chi connectivity index (χ2n) is 8.06. The molecule has 0 unspecified atom stereocenters. The second kappa shape index (κ2) is 8.55. The molecule has 2 aliphatic rings. The van der Waals surface area contributed by atoms with Crippen LogP contribution in [-0.4, -0.2) is 45.9 Å². The molecule has 0 saturated carbocycles.